The van der Waals surface area contributed by atoms with Crippen LogP contribution in [0.3, 0.4) is 0 Å². The summed E-state index contributed by atoms with van der Waals surface area (Å²) < 4.78 is 0.947. The van der Waals surface area contributed by atoms with Crippen molar-refractivity contribution < 1.29 is 4.79 Å². The average Bonchev–Trinajstić information content (AvgIpc) is 3.17. The number of carbonyl (C=O) groups excluding carboxylic acids is 1. The second-order valence-corrected chi connectivity index (χ2v) is 10.2. The molecule has 2 heterocycles. The molecule has 0 spiro atoms. The number of carbonyl (C=O) groups is 1. The van der Waals surface area contributed by atoms with E-state index < -0.39 is 0 Å². The second-order valence-electron chi connectivity index (χ2n) is 8.77. The third-order valence-electron chi connectivity index (χ3n) is 6.18. The topological polar surface area (TPSA) is 131 Å². The van der Waals surface area contributed by atoms with Crippen molar-refractivity contribution in [2.75, 3.05) is 10.6 Å². The van der Waals surface area contributed by atoms with Gasteiger partial charge in [0, 0.05) is 15.5 Å². The predicted molar refractivity (Wildman–Crippen MR) is 145 cm³/mol. The number of rotatable bonds is 5. The molecule has 2 aromatic carbocycles. The number of aryl methyl sites for hydroxylation is 1. The summed E-state index contributed by atoms with van der Waals surface area (Å²) in [4.78, 5) is 27.3. The molecule has 6 N–H and O–H groups in total. The van der Waals surface area contributed by atoms with Crippen LogP contribution in [0.1, 0.15) is 40.9 Å². The number of halogens is 1. The van der Waals surface area contributed by atoms with Gasteiger partial charge in [-0.05, 0) is 38.0 Å². The fraction of sp³-hybridized carbons (Fsp3) is 0.280. The number of amides is 1. The molecule has 35 heavy (non-hydrogen) atoms. The molecule has 1 fully saturated rings. The Morgan fingerprint density at radius 1 is 1.11 bits per heavy atom. The molecule has 1 amide bonds. The molecular formula is C25H26ClN7OS. The van der Waals surface area contributed by atoms with Crippen LogP contribution in [0.25, 0.3) is 21.0 Å². The van der Waals surface area contributed by atoms with Gasteiger partial charge in [-0.1, -0.05) is 54.3 Å². The van der Waals surface area contributed by atoms with Crippen LogP contribution in [-0.4, -0.2) is 33.9 Å². The number of hydrogen-bond donors (Lipinski definition) is 4. The summed E-state index contributed by atoms with van der Waals surface area (Å²) in [5, 5.41) is 8.55. The van der Waals surface area contributed by atoms with E-state index in [9.17, 15) is 4.79 Å². The fourth-order valence-electron chi connectivity index (χ4n) is 4.53. The lowest BCUT2D eigenvalue weighted by molar-refractivity contribution is 0.103. The fourth-order valence-corrected chi connectivity index (χ4v) is 5.94. The number of nitrogens with two attached hydrogens (primary N) is 2. The summed E-state index contributed by atoms with van der Waals surface area (Å²) in [6.45, 7) is 2.02. The summed E-state index contributed by atoms with van der Waals surface area (Å²) in [5.74, 6) is 0.584. The maximum Gasteiger partial charge on any atom is 0.269 e. The van der Waals surface area contributed by atoms with Gasteiger partial charge in [-0.25, -0.2) is 9.98 Å². The Labute approximate surface area is 211 Å². The highest BCUT2D eigenvalue weighted by molar-refractivity contribution is 7.21. The minimum atomic E-state index is -0.343. The predicted octanol–water partition coefficient (Wildman–Crippen LogP) is 5.06. The Hall–Kier alpha value is -3.43. The van der Waals surface area contributed by atoms with Gasteiger partial charge in [0.2, 0.25) is 5.95 Å². The molecule has 5 rings (SSSR count). The van der Waals surface area contributed by atoms with Gasteiger partial charge in [0.25, 0.3) is 5.91 Å². The van der Waals surface area contributed by atoms with Crippen molar-refractivity contribution in [2.45, 2.75) is 44.7 Å². The standard InChI is InChI=1S/C25H26ClN7OS/c1-13-10-11-16-15(12-13)22(29-17-7-3-4-8-18(17)30-24(27)28)32-25(31-16)33-23(34)21-20(26)14-6-2-5-9-19(14)35-21/h2,5-6,9-12,17-18H,3-4,7-8H2,1H3,(H4,27,28,30)(H2,29,31,32,33,34). The van der Waals surface area contributed by atoms with E-state index in [2.05, 4.69) is 20.6 Å². The monoisotopic (exact) mass is 507 g/mol. The summed E-state index contributed by atoms with van der Waals surface area (Å²) in [6, 6.07) is 13.6. The molecule has 2 aromatic heterocycles. The maximum absolute atomic E-state index is 13.1. The molecule has 0 saturated heterocycles. The Morgan fingerprint density at radius 3 is 2.71 bits per heavy atom. The zero-order chi connectivity index (χ0) is 24.5. The SMILES string of the molecule is Cc1ccc2nc(NC(=O)c3sc4ccccc4c3Cl)nc(NC3CCCCC3N=C(N)N)c2c1. The Kier molecular flexibility index (Phi) is 6.44. The number of thiophene rings is 1. The lowest BCUT2D eigenvalue weighted by Crippen LogP contribution is -2.38. The van der Waals surface area contributed by atoms with Crippen LogP contribution in [0, 0.1) is 6.92 Å². The molecule has 10 heteroatoms. The maximum atomic E-state index is 13.1. The van der Waals surface area contributed by atoms with E-state index in [1.165, 1.54) is 11.3 Å². The first-order valence-electron chi connectivity index (χ1n) is 11.5. The summed E-state index contributed by atoms with van der Waals surface area (Å²) in [6.07, 6.45) is 3.95. The summed E-state index contributed by atoms with van der Waals surface area (Å²) in [7, 11) is 0. The Morgan fingerprint density at radius 2 is 1.91 bits per heavy atom. The summed E-state index contributed by atoms with van der Waals surface area (Å²) >= 11 is 7.85. The van der Waals surface area contributed by atoms with Gasteiger partial charge in [0.15, 0.2) is 5.96 Å². The van der Waals surface area contributed by atoms with Gasteiger partial charge in [0.05, 0.1) is 22.6 Å². The lowest BCUT2D eigenvalue weighted by atomic mass is 9.90. The molecule has 0 radical (unpaired) electrons. The van der Waals surface area contributed by atoms with E-state index in [0.29, 0.717) is 15.7 Å². The first kappa shape index (κ1) is 23.3. The molecule has 180 valence electrons. The normalized spacial score (nSPS) is 17.9. The van der Waals surface area contributed by atoms with E-state index >= 15 is 0 Å². The molecule has 0 bridgehead atoms. The average molecular weight is 508 g/mol. The van der Waals surface area contributed by atoms with Gasteiger partial charge in [-0.15, -0.1) is 11.3 Å². The van der Waals surface area contributed by atoms with Crippen LogP contribution >= 0.6 is 22.9 Å². The minimum absolute atomic E-state index is 0.0186. The smallest absolute Gasteiger partial charge is 0.269 e. The van der Waals surface area contributed by atoms with Crippen molar-refractivity contribution in [1.82, 2.24) is 9.97 Å². The van der Waals surface area contributed by atoms with Crippen molar-refractivity contribution in [3.8, 4) is 0 Å². The number of benzene rings is 2. The molecule has 0 aliphatic heterocycles. The van der Waals surface area contributed by atoms with Crippen LogP contribution in [0.2, 0.25) is 5.02 Å². The molecule has 8 nitrogen and oxygen atoms in total. The van der Waals surface area contributed by atoms with Gasteiger partial charge in [-0.2, -0.15) is 4.98 Å². The zero-order valence-electron chi connectivity index (χ0n) is 19.2. The van der Waals surface area contributed by atoms with Crippen LogP contribution in [0.5, 0.6) is 0 Å². The molecule has 2 unspecified atom stereocenters. The molecule has 2 atom stereocenters. The molecule has 4 aromatic rings. The number of hydrogen-bond acceptors (Lipinski definition) is 6. The van der Waals surface area contributed by atoms with Gasteiger partial charge < -0.3 is 16.8 Å². The zero-order valence-corrected chi connectivity index (χ0v) is 20.8. The molecule has 1 aliphatic rings. The lowest BCUT2D eigenvalue weighted by Gasteiger charge is -2.30. The first-order chi connectivity index (χ1) is 16.9. The van der Waals surface area contributed by atoms with E-state index in [4.69, 9.17) is 28.1 Å². The van der Waals surface area contributed by atoms with Crippen LogP contribution in [0.4, 0.5) is 11.8 Å². The number of guanidine groups is 1. The highest BCUT2D eigenvalue weighted by Gasteiger charge is 2.26. The highest BCUT2D eigenvalue weighted by atomic mass is 35.5. The highest BCUT2D eigenvalue weighted by Crippen LogP contribution is 2.36. The number of nitrogens with one attached hydrogen (secondary N) is 2. The summed E-state index contributed by atoms with van der Waals surface area (Å²) in [5.41, 5.74) is 13.2. The van der Waals surface area contributed by atoms with Crippen LogP contribution in [0.15, 0.2) is 47.5 Å². The number of aliphatic imine (C=N–C) groups is 1. The number of aromatic nitrogens is 2. The second kappa shape index (κ2) is 9.67. The van der Waals surface area contributed by atoms with Gasteiger partial charge in [0.1, 0.15) is 10.7 Å². The van der Waals surface area contributed by atoms with E-state index in [1.807, 2.05) is 49.4 Å². The third-order valence-corrected chi connectivity index (χ3v) is 7.86. The Bertz CT molecular complexity index is 1450. The molecule has 1 aliphatic carbocycles. The minimum Gasteiger partial charge on any atom is -0.370 e. The quantitative estimate of drug-likeness (QED) is 0.220. The molecular weight excluding hydrogens is 482 g/mol. The van der Waals surface area contributed by atoms with Crippen molar-refractivity contribution >= 4 is 67.6 Å². The number of nitrogens with zero attached hydrogens (tertiary/aromatic N) is 3. The Balaban J connectivity index is 1.49. The van der Waals surface area contributed by atoms with Crippen molar-refractivity contribution in [3.63, 3.8) is 0 Å². The van der Waals surface area contributed by atoms with E-state index in [-0.39, 0.29) is 29.9 Å². The van der Waals surface area contributed by atoms with Crippen LogP contribution in [-0.2, 0) is 0 Å². The largest absolute Gasteiger partial charge is 0.370 e. The number of fused-ring (bicyclic) bond motifs is 2. The van der Waals surface area contributed by atoms with Gasteiger partial charge >= 0.3 is 0 Å². The van der Waals surface area contributed by atoms with E-state index in [1.54, 1.807) is 0 Å². The molecule has 1 saturated carbocycles. The van der Waals surface area contributed by atoms with Gasteiger partial charge in [-0.3, -0.25) is 10.1 Å². The number of anilines is 2. The third kappa shape index (κ3) is 4.87. The van der Waals surface area contributed by atoms with Crippen molar-refractivity contribution in [1.29, 1.82) is 0 Å². The first-order valence-corrected chi connectivity index (χ1v) is 12.7. The van der Waals surface area contributed by atoms with Crippen molar-refractivity contribution in [2.24, 2.45) is 16.5 Å². The van der Waals surface area contributed by atoms with Crippen LogP contribution < -0.4 is 22.1 Å². The van der Waals surface area contributed by atoms with Crippen molar-refractivity contribution in [3.05, 3.63) is 57.9 Å². The van der Waals surface area contributed by atoms with E-state index in [0.717, 1.165) is 52.2 Å².